The zero-order valence-electron chi connectivity index (χ0n) is 13.1. The summed E-state index contributed by atoms with van der Waals surface area (Å²) in [6.45, 7) is 2.86. The number of urea groups is 1. The van der Waals surface area contributed by atoms with Crippen molar-refractivity contribution in [3.05, 3.63) is 18.5 Å². The van der Waals surface area contributed by atoms with Gasteiger partial charge in [0.15, 0.2) is 0 Å². The largest absolute Gasteiger partial charge is 0.338 e. The molecule has 1 atom stereocenters. The molecule has 130 valence electrons. The van der Waals surface area contributed by atoms with Crippen molar-refractivity contribution in [3.8, 4) is 0 Å². The maximum absolute atomic E-state index is 12.6. The summed E-state index contributed by atoms with van der Waals surface area (Å²) in [5.41, 5.74) is -1.45. The number of hydrogen-bond donors (Lipinski definition) is 2. The molecule has 0 aliphatic carbocycles. The second kappa shape index (κ2) is 5.98. The van der Waals surface area contributed by atoms with Crippen molar-refractivity contribution in [2.75, 3.05) is 36.8 Å². The molecule has 2 N–H and O–H groups in total. The van der Waals surface area contributed by atoms with E-state index >= 15 is 0 Å². The molecule has 2 fully saturated rings. The Morgan fingerprint density at radius 2 is 1.79 bits per heavy atom. The highest BCUT2D eigenvalue weighted by Gasteiger charge is 2.46. The van der Waals surface area contributed by atoms with E-state index in [1.807, 2.05) is 4.90 Å². The Balaban J connectivity index is 1.65. The van der Waals surface area contributed by atoms with Crippen molar-refractivity contribution in [2.45, 2.75) is 12.5 Å². The topological polar surface area (TPSA) is 125 Å². The standard InChI is InChI=1S/C13H18N6O4S/c1-13(10(20)16-12(21)17-13)9-24(22,23)19-7-5-18(6-8-19)11-14-3-2-4-15-11/h2-4H,5-9H2,1H3,(H2,16,17,20,21)/t13-/m0/s1. The number of nitrogens with one attached hydrogen (secondary N) is 2. The molecule has 2 saturated heterocycles. The summed E-state index contributed by atoms with van der Waals surface area (Å²) in [5.74, 6) is -0.546. The Labute approximate surface area is 139 Å². The van der Waals surface area contributed by atoms with Crippen molar-refractivity contribution < 1.29 is 18.0 Å². The van der Waals surface area contributed by atoms with E-state index in [0.29, 0.717) is 19.0 Å². The van der Waals surface area contributed by atoms with Crippen LogP contribution in [-0.4, -0.2) is 72.1 Å². The van der Waals surface area contributed by atoms with Crippen LogP contribution in [0.4, 0.5) is 10.7 Å². The molecule has 24 heavy (non-hydrogen) atoms. The van der Waals surface area contributed by atoms with Crippen LogP contribution in [0, 0.1) is 0 Å². The van der Waals surface area contributed by atoms with Gasteiger partial charge >= 0.3 is 6.03 Å². The predicted octanol–water partition coefficient (Wildman–Crippen LogP) is -1.47. The molecule has 3 amide bonds. The minimum Gasteiger partial charge on any atom is -0.338 e. The van der Waals surface area contributed by atoms with E-state index in [9.17, 15) is 18.0 Å². The lowest BCUT2D eigenvalue weighted by molar-refractivity contribution is -0.122. The number of nitrogens with zero attached hydrogens (tertiary/aromatic N) is 4. The Morgan fingerprint density at radius 1 is 1.17 bits per heavy atom. The molecule has 0 aromatic carbocycles. The predicted molar refractivity (Wildman–Crippen MR) is 84.7 cm³/mol. The number of sulfonamides is 1. The number of aromatic nitrogens is 2. The van der Waals surface area contributed by atoms with E-state index in [2.05, 4.69) is 20.6 Å². The van der Waals surface area contributed by atoms with Crippen molar-refractivity contribution >= 4 is 27.9 Å². The minimum atomic E-state index is -3.70. The van der Waals surface area contributed by atoms with Gasteiger partial charge < -0.3 is 10.2 Å². The van der Waals surface area contributed by atoms with Crippen molar-refractivity contribution in [2.24, 2.45) is 0 Å². The molecule has 3 rings (SSSR count). The van der Waals surface area contributed by atoms with Gasteiger partial charge in [-0.3, -0.25) is 10.1 Å². The fourth-order valence-corrected chi connectivity index (χ4v) is 4.59. The zero-order chi connectivity index (χ0) is 17.4. The first-order valence-electron chi connectivity index (χ1n) is 7.44. The number of piperazine rings is 1. The molecular formula is C13H18N6O4S. The monoisotopic (exact) mass is 354 g/mol. The van der Waals surface area contributed by atoms with E-state index in [4.69, 9.17) is 0 Å². The maximum atomic E-state index is 12.6. The molecule has 2 aliphatic heterocycles. The van der Waals surface area contributed by atoms with Crippen LogP contribution in [0.2, 0.25) is 0 Å². The van der Waals surface area contributed by atoms with Crippen LogP contribution in [-0.2, 0) is 14.8 Å². The molecule has 2 aliphatic rings. The van der Waals surface area contributed by atoms with E-state index < -0.39 is 33.3 Å². The maximum Gasteiger partial charge on any atom is 0.322 e. The van der Waals surface area contributed by atoms with Crippen molar-refractivity contribution in [1.29, 1.82) is 0 Å². The third-order valence-electron chi connectivity index (χ3n) is 4.06. The third kappa shape index (κ3) is 3.17. The number of imide groups is 1. The highest BCUT2D eigenvalue weighted by atomic mass is 32.2. The van der Waals surface area contributed by atoms with Crippen LogP contribution in [0.1, 0.15) is 6.92 Å². The average molecular weight is 354 g/mol. The molecule has 0 spiro atoms. The second-order valence-corrected chi connectivity index (χ2v) is 7.90. The van der Waals surface area contributed by atoms with Gasteiger partial charge in [0.05, 0.1) is 5.75 Å². The normalized spacial score (nSPS) is 25.5. The smallest absolute Gasteiger partial charge is 0.322 e. The second-order valence-electron chi connectivity index (χ2n) is 5.93. The van der Waals surface area contributed by atoms with Gasteiger partial charge in [0.2, 0.25) is 16.0 Å². The first-order valence-corrected chi connectivity index (χ1v) is 9.04. The van der Waals surface area contributed by atoms with E-state index in [-0.39, 0.29) is 13.1 Å². The van der Waals surface area contributed by atoms with Gasteiger partial charge in [-0.15, -0.1) is 0 Å². The van der Waals surface area contributed by atoms with E-state index in [0.717, 1.165) is 0 Å². The lowest BCUT2D eigenvalue weighted by Crippen LogP contribution is -2.56. The number of carbonyl (C=O) groups excluding carboxylic acids is 2. The number of anilines is 1. The summed E-state index contributed by atoms with van der Waals surface area (Å²) < 4.78 is 26.5. The molecule has 11 heteroatoms. The van der Waals surface area contributed by atoms with Crippen molar-refractivity contribution in [1.82, 2.24) is 24.9 Å². The van der Waals surface area contributed by atoms with E-state index in [1.165, 1.54) is 11.2 Å². The highest BCUT2D eigenvalue weighted by molar-refractivity contribution is 7.89. The number of hydrogen-bond acceptors (Lipinski definition) is 7. The average Bonchev–Trinajstić information content (AvgIpc) is 2.79. The number of rotatable bonds is 4. The first-order chi connectivity index (χ1) is 11.3. The zero-order valence-corrected chi connectivity index (χ0v) is 13.9. The molecular weight excluding hydrogens is 336 g/mol. The van der Waals surface area contributed by atoms with Crippen molar-refractivity contribution in [3.63, 3.8) is 0 Å². The lowest BCUT2D eigenvalue weighted by atomic mass is 10.1. The molecule has 0 radical (unpaired) electrons. The molecule has 1 aromatic heterocycles. The van der Waals surface area contributed by atoms with Crippen LogP contribution in [0.25, 0.3) is 0 Å². The van der Waals surface area contributed by atoms with Gasteiger partial charge in [0.1, 0.15) is 5.54 Å². The fraction of sp³-hybridized carbons (Fsp3) is 0.538. The van der Waals surface area contributed by atoms with E-state index in [1.54, 1.807) is 18.5 Å². The van der Waals surface area contributed by atoms with Gasteiger partial charge in [-0.1, -0.05) is 0 Å². The number of amides is 3. The van der Waals surface area contributed by atoms with Gasteiger partial charge in [0.25, 0.3) is 5.91 Å². The summed E-state index contributed by atoms with van der Waals surface area (Å²) >= 11 is 0. The Hall–Kier alpha value is -2.27. The SMILES string of the molecule is C[C@@]1(CS(=O)(=O)N2CCN(c3ncccn3)CC2)NC(=O)NC1=O. The van der Waals surface area contributed by atoms with Crippen LogP contribution in [0.15, 0.2) is 18.5 Å². The summed E-state index contributed by atoms with van der Waals surface area (Å²) in [6, 6.07) is 1.04. The summed E-state index contributed by atoms with van der Waals surface area (Å²) in [4.78, 5) is 33.3. The van der Waals surface area contributed by atoms with Crippen LogP contribution >= 0.6 is 0 Å². The fourth-order valence-electron chi connectivity index (χ4n) is 2.76. The molecule has 3 heterocycles. The summed E-state index contributed by atoms with van der Waals surface area (Å²) in [5, 5.41) is 4.44. The Morgan fingerprint density at radius 3 is 2.33 bits per heavy atom. The highest BCUT2D eigenvalue weighted by Crippen LogP contribution is 2.18. The quantitative estimate of drug-likeness (QED) is 0.632. The van der Waals surface area contributed by atoms with Crippen LogP contribution in [0.5, 0.6) is 0 Å². The van der Waals surface area contributed by atoms with Gasteiger partial charge in [-0.2, -0.15) is 4.31 Å². The third-order valence-corrected chi connectivity index (χ3v) is 6.15. The summed E-state index contributed by atoms with van der Waals surface area (Å²) in [7, 11) is -3.70. The molecule has 1 aromatic rings. The molecule has 0 unspecified atom stereocenters. The van der Waals surface area contributed by atoms with Crippen LogP contribution < -0.4 is 15.5 Å². The van der Waals surface area contributed by atoms with Gasteiger partial charge in [-0.05, 0) is 13.0 Å². The minimum absolute atomic E-state index is 0.270. The molecule has 10 nitrogen and oxygen atoms in total. The lowest BCUT2D eigenvalue weighted by Gasteiger charge is -2.35. The van der Waals surface area contributed by atoms with Crippen LogP contribution in [0.3, 0.4) is 0 Å². The number of carbonyl (C=O) groups is 2. The Kier molecular flexibility index (Phi) is 4.13. The van der Waals surface area contributed by atoms with Gasteiger partial charge in [-0.25, -0.2) is 23.2 Å². The Bertz CT molecular complexity index is 747. The molecule has 0 bridgehead atoms. The molecule has 0 saturated carbocycles. The van der Waals surface area contributed by atoms with Gasteiger partial charge in [0, 0.05) is 38.6 Å². The first kappa shape index (κ1) is 16.6. The summed E-state index contributed by atoms with van der Waals surface area (Å²) in [6.07, 6.45) is 3.27.